The molecule has 2 aliphatic rings. The van der Waals surface area contributed by atoms with E-state index in [9.17, 15) is 13.2 Å². The quantitative estimate of drug-likeness (QED) is 0.308. The van der Waals surface area contributed by atoms with E-state index < -0.39 is 21.5 Å². The highest BCUT2D eigenvalue weighted by Gasteiger charge is 2.55. The number of aliphatic imine (C=N–C) groups is 1. The molecule has 5 rings (SSSR count). The Balaban J connectivity index is 1.56. The van der Waals surface area contributed by atoms with E-state index in [0.717, 1.165) is 4.47 Å². The summed E-state index contributed by atoms with van der Waals surface area (Å²) in [4.78, 5) is 21.3. The fraction of sp³-hybridized carbons (Fsp3) is 0.355. The van der Waals surface area contributed by atoms with Crippen LogP contribution < -0.4 is 4.74 Å². The number of ether oxygens (including phenoxy) is 3. The van der Waals surface area contributed by atoms with Crippen LogP contribution in [-0.2, 0) is 24.1 Å². The first kappa shape index (κ1) is 30.2. The van der Waals surface area contributed by atoms with Crippen LogP contribution in [0.15, 0.2) is 93.2 Å². The Hall–Kier alpha value is -3.25. The first-order valence-corrected chi connectivity index (χ1v) is 16.3. The molecule has 1 amide bonds. The summed E-state index contributed by atoms with van der Waals surface area (Å²) in [5.74, 6) is 0.294. The van der Waals surface area contributed by atoms with Crippen molar-refractivity contribution in [3.8, 4) is 5.75 Å². The lowest BCUT2D eigenvalue weighted by molar-refractivity contribution is -0.144. The number of rotatable bonds is 11. The number of morpholine rings is 1. The van der Waals surface area contributed by atoms with Gasteiger partial charge in [-0.1, -0.05) is 46.3 Å². The number of aliphatic hydroxyl groups excluding tert-OH is 1. The lowest BCUT2D eigenvalue weighted by Gasteiger charge is -2.37. The molecule has 2 atom stereocenters. The van der Waals surface area contributed by atoms with Crippen LogP contribution >= 0.6 is 15.9 Å². The summed E-state index contributed by atoms with van der Waals surface area (Å²) < 4.78 is 45.4. The van der Waals surface area contributed by atoms with Gasteiger partial charge in [-0.3, -0.25) is 4.79 Å². The average molecular weight is 658 g/mol. The van der Waals surface area contributed by atoms with E-state index in [1.807, 2.05) is 24.3 Å². The Morgan fingerprint density at radius 3 is 2.38 bits per heavy atom. The van der Waals surface area contributed by atoms with Crippen molar-refractivity contribution >= 4 is 37.6 Å². The third-order valence-corrected chi connectivity index (χ3v) is 9.59. The number of hydrogen-bond donors (Lipinski definition) is 1. The van der Waals surface area contributed by atoms with Gasteiger partial charge in [0.05, 0.1) is 30.5 Å². The van der Waals surface area contributed by atoms with Crippen LogP contribution in [0.4, 0.5) is 0 Å². The summed E-state index contributed by atoms with van der Waals surface area (Å²) in [5, 5.41) is 9.02. The van der Waals surface area contributed by atoms with Gasteiger partial charge in [-0.15, -0.1) is 0 Å². The standard InChI is InChI=1S/C31H33BrN2O7S/c32-25-11-7-23(8-12-25)28-31(30(36)34-16-20-39-21-17-34,15-22-42(37,38)27-5-2-1-3-6-27)33-29(41-28)24-9-13-26(14-10-24)40-19-4-18-35/h1-3,5-14,28,35H,4,15-22H2/t28-,31-/m1/s1. The molecule has 0 aromatic heterocycles. The number of carbonyl (C=O) groups is 1. The molecule has 3 aromatic carbocycles. The van der Waals surface area contributed by atoms with Gasteiger partial charge in [0, 0.05) is 42.6 Å². The normalized spacial score (nSPS) is 20.6. The maximum absolute atomic E-state index is 14.4. The molecule has 1 N–H and O–H groups in total. The molecule has 222 valence electrons. The molecule has 0 radical (unpaired) electrons. The summed E-state index contributed by atoms with van der Waals surface area (Å²) in [7, 11) is -3.72. The fourth-order valence-electron chi connectivity index (χ4n) is 5.07. The topological polar surface area (TPSA) is 115 Å². The van der Waals surface area contributed by atoms with Crippen molar-refractivity contribution in [1.29, 1.82) is 0 Å². The van der Waals surface area contributed by atoms with Crippen LogP contribution in [0.1, 0.15) is 30.1 Å². The zero-order valence-corrected chi connectivity index (χ0v) is 25.4. The highest BCUT2D eigenvalue weighted by atomic mass is 79.9. The largest absolute Gasteiger partial charge is 0.494 e. The van der Waals surface area contributed by atoms with Crippen LogP contribution in [0.3, 0.4) is 0 Å². The minimum Gasteiger partial charge on any atom is -0.494 e. The highest BCUT2D eigenvalue weighted by molar-refractivity contribution is 9.10. The monoisotopic (exact) mass is 656 g/mol. The molecule has 0 aliphatic carbocycles. The summed E-state index contributed by atoms with van der Waals surface area (Å²) in [6, 6.07) is 22.8. The summed E-state index contributed by atoms with van der Waals surface area (Å²) >= 11 is 3.47. The minimum absolute atomic E-state index is 0.0411. The number of nitrogens with zero attached hydrogens (tertiary/aromatic N) is 2. The van der Waals surface area contributed by atoms with Gasteiger partial charge in [0.25, 0.3) is 5.91 Å². The van der Waals surface area contributed by atoms with Crippen LogP contribution in [0.5, 0.6) is 5.75 Å². The van der Waals surface area contributed by atoms with Gasteiger partial charge < -0.3 is 24.2 Å². The molecule has 0 bridgehead atoms. The summed E-state index contributed by atoms with van der Waals surface area (Å²) in [5.41, 5.74) is -0.188. The molecule has 3 aromatic rings. The average Bonchev–Trinajstić information content (AvgIpc) is 3.42. The van der Waals surface area contributed by atoms with E-state index in [4.69, 9.17) is 24.3 Å². The van der Waals surface area contributed by atoms with Crippen molar-refractivity contribution in [3.63, 3.8) is 0 Å². The number of amides is 1. The van der Waals surface area contributed by atoms with Crippen LogP contribution in [-0.4, -0.2) is 81.0 Å². The second kappa shape index (κ2) is 13.4. The number of sulfone groups is 1. The van der Waals surface area contributed by atoms with Crippen molar-refractivity contribution in [1.82, 2.24) is 4.90 Å². The van der Waals surface area contributed by atoms with Crippen molar-refractivity contribution in [2.24, 2.45) is 4.99 Å². The van der Waals surface area contributed by atoms with E-state index in [0.29, 0.717) is 56.2 Å². The lowest BCUT2D eigenvalue weighted by Crippen LogP contribution is -2.54. The minimum atomic E-state index is -3.72. The lowest BCUT2D eigenvalue weighted by atomic mass is 9.84. The molecule has 11 heteroatoms. The number of halogens is 1. The number of benzene rings is 3. The van der Waals surface area contributed by atoms with E-state index in [2.05, 4.69) is 15.9 Å². The molecule has 0 unspecified atom stereocenters. The highest BCUT2D eigenvalue weighted by Crippen LogP contribution is 2.44. The molecule has 1 saturated heterocycles. The van der Waals surface area contributed by atoms with E-state index in [1.165, 1.54) is 0 Å². The maximum atomic E-state index is 14.4. The van der Waals surface area contributed by atoms with Gasteiger partial charge >= 0.3 is 0 Å². The number of aliphatic hydroxyl groups is 1. The summed E-state index contributed by atoms with van der Waals surface area (Å²) in [6.45, 7) is 1.96. The summed E-state index contributed by atoms with van der Waals surface area (Å²) in [6.07, 6.45) is -0.417. The Kier molecular flexibility index (Phi) is 9.62. The predicted octanol–water partition coefficient (Wildman–Crippen LogP) is 4.19. The van der Waals surface area contributed by atoms with Crippen molar-refractivity contribution in [2.45, 2.75) is 29.4 Å². The van der Waals surface area contributed by atoms with Crippen LogP contribution in [0, 0.1) is 0 Å². The van der Waals surface area contributed by atoms with Crippen LogP contribution in [0.2, 0.25) is 0 Å². The smallest absolute Gasteiger partial charge is 0.255 e. The molecule has 2 aliphatic heterocycles. The van der Waals surface area contributed by atoms with Gasteiger partial charge in [0.1, 0.15) is 5.75 Å². The molecular formula is C31H33BrN2O7S. The second-order valence-electron chi connectivity index (χ2n) is 10.1. The third kappa shape index (κ3) is 6.70. The van der Waals surface area contributed by atoms with Crippen LogP contribution in [0.25, 0.3) is 0 Å². The molecule has 0 spiro atoms. The SMILES string of the molecule is O=C(N1CCOCC1)[C@]1(CCS(=O)(=O)c2ccccc2)N=C(c2ccc(OCCCO)cc2)O[C@@H]1c1ccc(Br)cc1. The second-order valence-corrected chi connectivity index (χ2v) is 13.2. The van der Waals surface area contributed by atoms with E-state index >= 15 is 0 Å². The van der Waals surface area contributed by atoms with Crippen molar-refractivity contribution in [3.05, 3.63) is 94.5 Å². The van der Waals surface area contributed by atoms with Gasteiger partial charge in [0.2, 0.25) is 5.90 Å². The molecule has 9 nitrogen and oxygen atoms in total. The fourth-order valence-corrected chi connectivity index (χ4v) is 6.72. The number of carbonyl (C=O) groups excluding carboxylic acids is 1. The van der Waals surface area contributed by atoms with Gasteiger partial charge in [0.15, 0.2) is 21.5 Å². The molecule has 42 heavy (non-hydrogen) atoms. The van der Waals surface area contributed by atoms with Crippen molar-refractivity contribution < 1.29 is 32.5 Å². The van der Waals surface area contributed by atoms with E-state index in [-0.39, 0.29) is 35.5 Å². The zero-order chi connectivity index (χ0) is 29.6. The molecule has 2 heterocycles. The van der Waals surface area contributed by atoms with Gasteiger partial charge in [-0.2, -0.15) is 0 Å². The van der Waals surface area contributed by atoms with E-state index in [1.54, 1.807) is 59.5 Å². The molecule has 1 fully saturated rings. The Morgan fingerprint density at radius 1 is 1.02 bits per heavy atom. The first-order chi connectivity index (χ1) is 20.3. The first-order valence-electron chi connectivity index (χ1n) is 13.8. The van der Waals surface area contributed by atoms with Gasteiger partial charge in [-0.25, -0.2) is 13.4 Å². The Labute approximate surface area is 254 Å². The van der Waals surface area contributed by atoms with Gasteiger partial charge in [-0.05, 0) is 54.1 Å². The third-order valence-electron chi connectivity index (χ3n) is 7.33. The molecule has 0 saturated carbocycles. The maximum Gasteiger partial charge on any atom is 0.255 e. The Morgan fingerprint density at radius 2 is 1.71 bits per heavy atom. The van der Waals surface area contributed by atoms with Crippen molar-refractivity contribution in [2.75, 3.05) is 45.3 Å². The number of hydrogen-bond acceptors (Lipinski definition) is 8. The molecular weight excluding hydrogens is 624 g/mol. The predicted molar refractivity (Wildman–Crippen MR) is 161 cm³/mol. The Bertz CT molecular complexity index is 1490. The zero-order valence-electron chi connectivity index (χ0n) is 23.0.